The summed E-state index contributed by atoms with van der Waals surface area (Å²) < 4.78 is 13.4. The summed E-state index contributed by atoms with van der Waals surface area (Å²) in [4.78, 5) is 2.08. The lowest BCUT2D eigenvalue weighted by Gasteiger charge is -2.25. The van der Waals surface area contributed by atoms with Crippen LogP contribution in [-0.4, -0.2) is 25.0 Å². The fourth-order valence-electron chi connectivity index (χ4n) is 1.63. The van der Waals surface area contributed by atoms with E-state index in [9.17, 15) is 4.39 Å². The summed E-state index contributed by atoms with van der Waals surface area (Å²) in [6.07, 6.45) is 0.897. The lowest BCUT2D eigenvalue weighted by Crippen LogP contribution is -2.25. The van der Waals surface area contributed by atoms with Crippen molar-refractivity contribution in [1.82, 2.24) is 4.90 Å². The van der Waals surface area contributed by atoms with Crippen LogP contribution in [0.5, 0.6) is 0 Å². The first-order valence-corrected chi connectivity index (χ1v) is 6.27. The smallest absolute Gasteiger partial charge is 0.142 e. The van der Waals surface area contributed by atoms with Gasteiger partial charge in [0.2, 0.25) is 0 Å². The Kier molecular flexibility index (Phi) is 5.67. The van der Waals surface area contributed by atoms with Gasteiger partial charge in [-0.2, -0.15) is 0 Å². The number of hydrogen-bond donors (Lipinski definition) is 1. The Morgan fingerprint density at radius 2 is 2.00 bits per heavy atom. The molecule has 1 atom stereocenters. The number of nitrogens with two attached hydrogens (primary N) is 1. The Balaban J connectivity index is 2.88. The lowest BCUT2D eigenvalue weighted by atomic mass is 10.1. The molecule has 1 rings (SSSR count). The van der Waals surface area contributed by atoms with E-state index in [-0.39, 0.29) is 11.1 Å². The summed E-state index contributed by atoms with van der Waals surface area (Å²) in [6, 6.07) is 2.87. The topological polar surface area (TPSA) is 29.3 Å². The first-order valence-electron chi connectivity index (χ1n) is 5.52. The maximum Gasteiger partial charge on any atom is 0.142 e. The summed E-state index contributed by atoms with van der Waals surface area (Å²) >= 11 is 11.7. The first-order chi connectivity index (χ1) is 7.97. The molecule has 2 N–H and O–H groups in total. The molecule has 0 heterocycles. The van der Waals surface area contributed by atoms with E-state index in [1.165, 1.54) is 12.1 Å². The highest BCUT2D eigenvalue weighted by Crippen LogP contribution is 2.30. The van der Waals surface area contributed by atoms with E-state index in [0.29, 0.717) is 11.6 Å². The van der Waals surface area contributed by atoms with Crippen molar-refractivity contribution in [3.05, 3.63) is 33.6 Å². The number of benzene rings is 1. The number of nitrogens with zero attached hydrogens (tertiary/aromatic N) is 1. The average molecular weight is 279 g/mol. The van der Waals surface area contributed by atoms with E-state index in [0.717, 1.165) is 18.5 Å². The zero-order chi connectivity index (χ0) is 13.0. The number of hydrogen-bond acceptors (Lipinski definition) is 2. The van der Waals surface area contributed by atoms with Gasteiger partial charge in [0, 0.05) is 11.1 Å². The highest BCUT2D eigenvalue weighted by molar-refractivity contribution is 6.35. The molecule has 5 heteroatoms. The van der Waals surface area contributed by atoms with Crippen LogP contribution < -0.4 is 5.73 Å². The SMILES string of the molecule is CC(c1cc(F)c(Cl)cc1Cl)N(C)CCCN. The van der Waals surface area contributed by atoms with Crippen molar-refractivity contribution in [2.24, 2.45) is 5.73 Å². The Morgan fingerprint density at radius 1 is 1.35 bits per heavy atom. The van der Waals surface area contributed by atoms with Crippen molar-refractivity contribution in [1.29, 1.82) is 0 Å². The van der Waals surface area contributed by atoms with Gasteiger partial charge in [-0.15, -0.1) is 0 Å². The maximum absolute atomic E-state index is 13.4. The summed E-state index contributed by atoms with van der Waals surface area (Å²) in [5.41, 5.74) is 6.20. The molecule has 2 nitrogen and oxygen atoms in total. The Hall–Kier alpha value is -0.350. The Labute approximate surface area is 111 Å². The standard InChI is InChI=1S/C12H17Cl2FN2/c1-8(17(2)5-3-4-16)9-6-12(15)11(14)7-10(9)13/h6-8H,3-5,16H2,1-2H3. The number of rotatable bonds is 5. The molecule has 0 bridgehead atoms. The van der Waals surface area contributed by atoms with Gasteiger partial charge >= 0.3 is 0 Å². The molecule has 0 aliphatic carbocycles. The lowest BCUT2D eigenvalue weighted by molar-refractivity contribution is 0.259. The molecule has 1 aromatic carbocycles. The molecule has 0 saturated heterocycles. The highest BCUT2D eigenvalue weighted by Gasteiger charge is 2.16. The van der Waals surface area contributed by atoms with Crippen LogP contribution >= 0.6 is 23.2 Å². The molecule has 1 unspecified atom stereocenters. The molecular formula is C12H17Cl2FN2. The molecule has 0 spiro atoms. The van der Waals surface area contributed by atoms with Crippen LogP contribution in [0, 0.1) is 5.82 Å². The van der Waals surface area contributed by atoms with Crippen LogP contribution in [-0.2, 0) is 0 Å². The third-order valence-electron chi connectivity index (χ3n) is 2.87. The molecule has 0 aromatic heterocycles. The van der Waals surface area contributed by atoms with Crippen molar-refractivity contribution in [3.63, 3.8) is 0 Å². The molecule has 96 valence electrons. The van der Waals surface area contributed by atoms with Gasteiger partial charge in [0.15, 0.2) is 0 Å². The van der Waals surface area contributed by atoms with Gasteiger partial charge < -0.3 is 5.73 Å². The average Bonchev–Trinajstić information content (AvgIpc) is 2.29. The van der Waals surface area contributed by atoms with Crippen LogP contribution in [0.3, 0.4) is 0 Å². The molecule has 0 radical (unpaired) electrons. The molecule has 17 heavy (non-hydrogen) atoms. The fraction of sp³-hybridized carbons (Fsp3) is 0.500. The van der Waals surface area contributed by atoms with E-state index < -0.39 is 5.82 Å². The van der Waals surface area contributed by atoms with Gasteiger partial charge in [-0.05, 0) is 51.2 Å². The van der Waals surface area contributed by atoms with Gasteiger partial charge in [-0.1, -0.05) is 23.2 Å². The molecular weight excluding hydrogens is 262 g/mol. The minimum absolute atomic E-state index is 0.0285. The second-order valence-corrected chi connectivity index (χ2v) is 4.90. The van der Waals surface area contributed by atoms with Crippen molar-refractivity contribution in [2.45, 2.75) is 19.4 Å². The van der Waals surface area contributed by atoms with E-state index >= 15 is 0 Å². The summed E-state index contributed by atoms with van der Waals surface area (Å²) in [5.74, 6) is -0.440. The van der Waals surface area contributed by atoms with Gasteiger partial charge in [-0.25, -0.2) is 4.39 Å². The van der Waals surface area contributed by atoms with Crippen LogP contribution in [0.1, 0.15) is 24.9 Å². The zero-order valence-electron chi connectivity index (χ0n) is 10.0. The van der Waals surface area contributed by atoms with Crippen molar-refractivity contribution >= 4 is 23.2 Å². The van der Waals surface area contributed by atoms with Crippen LogP contribution in [0.15, 0.2) is 12.1 Å². The third kappa shape index (κ3) is 3.81. The van der Waals surface area contributed by atoms with Gasteiger partial charge in [-0.3, -0.25) is 4.90 Å². The summed E-state index contributed by atoms with van der Waals surface area (Å²) in [5, 5.41) is 0.541. The first kappa shape index (κ1) is 14.7. The van der Waals surface area contributed by atoms with Crippen molar-refractivity contribution < 1.29 is 4.39 Å². The third-order valence-corrected chi connectivity index (χ3v) is 3.48. The van der Waals surface area contributed by atoms with Crippen LogP contribution in [0.2, 0.25) is 10.0 Å². The fourth-order valence-corrected chi connectivity index (χ4v) is 2.17. The van der Waals surface area contributed by atoms with E-state index in [1.54, 1.807) is 0 Å². The minimum Gasteiger partial charge on any atom is -0.330 e. The van der Waals surface area contributed by atoms with Crippen molar-refractivity contribution in [3.8, 4) is 0 Å². The minimum atomic E-state index is -0.440. The predicted octanol–water partition coefficient (Wildman–Crippen LogP) is 3.47. The molecule has 0 amide bonds. The second kappa shape index (κ2) is 6.55. The zero-order valence-corrected chi connectivity index (χ0v) is 11.5. The largest absolute Gasteiger partial charge is 0.330 e. The van der Waals surface area contributed by atoms with Crippen molar-refractivity contribution in [2.75, 3.05) is 20.1 Å². The van der Waals surface area contributed by atoms with Gasteiger partial charge in [0.05, 0.1) is 5.02 Å². The summed E-state index contributed by atoms with van der Waals surface area (Å²) in [6.45, 7) is 3.46. The molecule has 0 fully saturated rings. The monoisotopic (exact) mass is 278 g/mol. The second-order valence-electron chi connectivity index (χ2n) is 4.09. The number of halogens is 3. The Morgan fingerprint density at radius 3 is 2.59 bits per heavy atom. The summed E-state index contributed by atoms with van der Waals surface area (Å²) in [7, 11) is 1.96. The van der Waals surface area contributed by atoms with Crippen LogP contribution in [0.25, 0.3) is 0 Å². The van der Waals surface area contributed by atoms with E-state index in [1.807, 2.05) is 14.0 Å². The molecule has 0 aliphatic rings. The highest BCUT2D eigenvalue weighted by atomic mass is 35.5. The Bertz CT molecular complexity index is 385. The molecule has 1 aromatic rings. The van der Waals surface area contributed by atoms with Gasteiger partial charge in [0.25, 0.3) is 0 Å². The molecule has 0 aliphatic heterocycles. The van der Waals surface area contributed by atoms with Crippen LogP contribution in [0.4, 0.5) is 4.39 Å². The quantitative estimate of drug-likeness (QED) is 0.836. The maximum atomic E-state index is 13.4. The van der Waals surface area contributed by atoms with E-state index in [4.69, 9.17) is 28.9 Å². The van der Waals surface area contributed by atoms with Gasteiger partial charge in [0.1, 0.15) is 5.82 Å². The normalized spacial score (nSPS) is 13.1. The molecule has 0 saturated carbocycles. The predicted molar refractivity (Wildman–Crippen MR) is 71.1 cm³/mol. The van der Waals surface area contributed by atoms with E-state index in [2.05, 4.69) is 4.90 Å².